The number of carbonyl (C=O) groups is 1. The lowest BCUT2D eigenvalue weighted by molar-refractivity contribution is -0.120. The van der Waals surface area contributed by atoms with E-state index < -0.39 is 0 Å². The van der Waals surface area contributed by atoms with Gasteiger partial charge in [0.15, 0.2) is 0 Å². The molecule has 2 rings (SSSR count). The van der Waals surface area contributed by atoms with Crippen molar-refractivity contribution >= 4 is 27.5 Å². The predicted octanol–water partition coefficient (Wildman–Crippen LogP) is 2.40. The highest BCUT2D eigenvalue weighted by Crippen LogP contribution is 2.22. The monoisotopic (exact) mass is 307 g/mol. The molecular weight excluding hydrogens is 294 g/mol. The molecule has 2 N–H and O–H groups in total. The van der Waals surface area contributed by atoms with Crippen LogP contribution in [0.2, 0.25) is 0 Å². The number of nitrogens with one attached hydrogen (secondary N) is 2. The molecule has 1 atom stereocenters. The number of hydrogen-bond acceptors (Lipinski definition) is 3. The van der Waals surface area contributed by atoms with Gasteiger partial charge < -0.3 is 10.6 Å². The minimum absolute atomic E-state index is 0.0700. The van der Waals surface area contributed by atoms with Crippen LogP contribution in [0.5, 0.6) is 0 Å². The van der Waals surface area contributed by atoms with Gasteiger partial charge in [-0.1, -0.05) is 15.9 Å². The Bertz CT molecular complexity index is 495. The summed E-state index contributed by atoms with van der Waals surface area (Å²) in [6.07, 6.45) is 2.35. The molecule has 0 aliphatic carbocycles. The van der Waals surface area contributed by atoms with Crippen molar-refractivity contribution in [2.24, 2.45) is 0 Å². The van der Waals surface area contributed by atoms with Gasteiger partial charge in [0.2, 0.25) is 5.91 Å². The van der Waals surface area contributed by atoms with Crippen molar-refractivity contribution in [3.63, 3.8) is 0 Å². The van der Waals surface area contributed by atoms with E-state index >= 15 is 0 Å². The number of amides is 1. The quantitative estimate of drug-likeness (QED) is 0.882. The zero-order valence-electron chi connectivity index (χ0n) is 9.87. The van der Waals surface area contributed by atoms with Crippen molar-refractivity contribution in [1.29, 1.82) is 5.26 Å². The van der Waals surface area contributed by atoms with Crippen LogP contribution in [0, 0.1) is 11.3 Å². The van der Waals surface area contributed by atoms with E-state index in [9.17, 15) is 4.79 Å². The molecule has 5 heteroatoms. The van der Waals surface area contributed by atoms with Crippen molar-refractivity contribution in [2.75, 3.05) is 11.9 Å². The molecule has 0 spiro atoms. The third-order valence-electron chi connectivity index (χ3n) is 2.95. The molecule has 1 aromatic rings. The largest absolute Gasteiger partial charge is 0.381 e. The minimum atomic E-state index is 0.0700. The molecule has 4 nitrogen and oxygen atoms in total. The summed E-state index contributed by atoms with van der Waals surface area (Å²) in [5.74, 6) is 0.0700. The first kappa shape index (κ1) is 12.9. The molecular formula is C13H14BrN3O. The average Bonchev–Trinajstić information content (AvgIpc) is 2.56. The molecule has 94 valence electrons. The Hall–Kier alpha value is -1.54. The van der Waals surface area contributed by atoms with Gasteiger partial charge in [-0.15, -0.1) is 0 Å². The van der Waals surface area contributed by atoms with Crippen LogP contribution >= 0.6 is 15.9 Å². The van der Waals surface area contributed by atoms with E-state index in [2.05, 4.69) is 32.6 Å². The molecule has 0 radical (unpaired) electrons. The lowest BCUT2D eigenvalue weighted by Crippen LogP contribution is -2.27. The zero-order chi connectivity index (χ0) is 13.0. The van der Waals surface area contributed by atoms with Gasteiger partial charge >= 0.3 is 0 Å². The van der Waals surface area contributed by atoms with Crippen LogP contribution in [0.1, 0.15) is 24.8 Å². The smallest absolute Gasteiger partial charge is 0.222 e. The molecule has 18 heavy (non-hydrogen) atoms. The van der Waals surface area contributed by atoms with Crippen molar-refractivity contribution in [2.45, 2.75) is 25.3 Å². The average molecular weight is 308 g/mol. The van der Waals surface area contributed by atoms with Crippen LogP contribution in [0.25, 0.3) is 0 Å². The predicted molar refractivity (Wildman–Crippen MR) is 73.1 cm³/mol. The molecule has 1 fully saturated rings. The number of halogens is 1. The second-order valence-electron chi connectivity index (χ2n) is 4.34. The third kappa shape index (κ3) is 3.23. The summed E-state index contributed by atoms with van der Waals surface area (Å²) >= 11 is 3.34. The summed E-state index contributed by atoms with van der Waals surface area (Å²) in [4.78, 5) is 11.5. The van der Waals surface area contributed by atoms with Gasteiger partial charge in [-0.3, -0.25) is 4.79 Å². The SMILES string of the molecule is N#Cc1cc(Br)ccc1NC1CCCNC(=O)C1. The molecule has 1 aliphatic rings. The molecule has 0 saturated carbocycles. The van der Waals surface area contributed by atoms with Crippen LogP contribution in [0.15, 0.2) is 22.7 Å². The molecule has 1 unspecified atom stereocenters. The second kappa shape index (κ2) is 5.87. The highest BCUT2D eigenvalue weighted by molar-refractivity contribution is 9.10. The highest BCUT2D eigenvalue weighted by Gasteiger charge is 2.18. The number of nitriles is 1. The molecule has 1 heterocycles. The van der Waals surface area contributed by atoms with E-state index in [-0.39, 0.29) is 11.9 Å². The lowest BCUT2D eigenvalue weighted by atomic mass is 10.1. The Balaban J connectivity index is 2.13. The van der Waals surface area contributed by atoms with Crippen LogP contribution in [-0.2, 0) is 4.79 Å². The first-order valence-electron chi connectivity index (χ1n) is 5.92. The number of nitrogens with zero attached hydrogens (tertiary/aromatic N) is 1. The summed E-state index contributed by atoms with van der Waals surface area (Å²) in [5.41, 5.74) is 1.38. The summed E-state index contributed by atoms with van der Waals surface area (Å²) in [5, 5.41) is 15.2. The molecule has 1 amide bonds. The Morgan fingerprint density at radius 1 is 1.50 bits per heavy atom. The van der Waals surface area contributed by atoms with Gasteiger partial charge in [0.05, 0.1) is 11.3 Å². The number of hydrogen-bond donors (Lipinski definition) is 2. The molecule has 0 bridgehead atoms. The van der Waals surface area contributed by atoms with Crippen molar-refractivity contribution in [1.82, 2.24) is 5.32 Å². The van der Waals surface area contributed by atoms with Crippen LogP contribution in [0.4, 0.5) is 5.69 Å². The van der Waals surface area contributed by atoms with Gasteiger partial charge in [0.1, 0.15) is 6.07 Å². The van der Waals surface area contributed by atoms with Gasteiger partial charge in [0, 0.05) is 23.5 Å². The fourth-order valence-corrected chi connectivity index (χ4v) is 2.41. The minimum Gasteiger partial charge on any atom is -0.381 e. The Labute approximate surface area is 115 Å². The van der Waals surface area contributed by atoms with E-state index in [1.54, 1.807) is 6.07 Å². The number of benzene rings is 1. The molecule has 1 aliphatic heterocycles. The Morgan fingerprint density at radius 3 is 3.11 bits per heavy atom. The first-order chi connectivity index (χ1) is 8.69. The van der Waals surface area contributed by atoms with Crippen LogP contribution in [0.3, 0.4) is 0 Å². The summed E-state index contributed by atoms with van der Waals surface area (Å²) in [7, 11) is 0. The Kier molecular flexibility index (Phi) is 4.21. The Morgan fingerprint density at radius 2 is 2.33 bits per heavy atom. The lowest BCUT2D eigenvalue weighted by Gasteiger charge is -2.17. The first-order valence-corrected chi connectivity index (χ1v) is 6.71. The topological polar surface area (TPSA) is 64.9 Å². The fraction of sp³-hybridized carbons (Fsp3) is 0.385. The van der Waals surface area contributed by atoms with E-state index in [0.29, 0.717) is 12.0 Å². The van der Waals surface area contributed by atoms with Gasteiger partial charge in [0.25, 0.3) is 0 Å². The van der Waals surface area contributed by atoms with E-state index in [1.807, 2.05) is 12.1 Å². The van der Waals surface area contributed by atoms with E-state index in [0.717, 1.165) is 29.5 Å². The maximum absolute atomic E-state index is 11.5. The molecule has 1 saturated heterocycles. The fourth-order valence-electron chi connectivity index (χ4n) is 2.05. The van der Waals surface area contributed by atoms with Gasteiger partial charge in [-0.25, -0.2) is 0 Å². The van der Waals surface area contributed by atoms with Gasteiger partial charge in [-0.2, -0.15) is 5.26 Å². The van der Waals surface area contributed by atoms with Crippen molar-refractivity contribution in [3.8, 4) is 6.07 Å². The normalized spacial score (nSPS) is 19.6. The molecule has 0 aromatic heterocycles. The zero-order valence-corrected chi connectivity index (χ0v) is 11.5. The summed E-state index contributed by atoms with van der Waals surface area (Å²) in [6.45, 7) is 0.739. The standard InChI is InChI=1S/C13H14BrN3O/c14-10-3-4-12(9(6-10)8-15)17-11-2-1-5-16-13(18)7-11/h3-4,6,11,17H,1-2,5,7H2,(H,16,18). The number of anilines is 1. The van der Waals surface area contributed by atoms with Crippen molar-refractivity contribution < 1.29 is 4.79 Å². The number of rotatable bonds is 2. The van der Waals surface area contributed by atoms with Gasteiger partial charge in [-0.05, 0) is 31.0 Å². The second-order valence-corrected chi connectivity index (χ2v) is 5.25. The summed E-state index contributed by atoms with van der Waals surface area (Å²) in [6, 6.07) is 7.79. The van der Waals surface area contributed by atoms with Crippen molar-refractivity contribution in [3.05, 3.63) is 28.2 Å². The van der Waals surface area contributed by atoms with E-state index in [4.69, 9.17) is 5.26 Å². The maximum atomic E-state index is 11.5. The third-order valence-corrected chi connectivity index (χ3v) is 3.44. The molecule has 1 aromatic carbocycles. The van der Waals surface area contributed by atoms with E-state index in [1.165, 1.54) is 0 Å². The number of carbonyl (C=O) groups excluding carboxylic acids is 1. The van der Waals surface area contributed by atoms with Crippen LogP contribution < -0.4 is 10.6 Å². The summed E-state index contributed by atoms with van der Waals surface area (Å²) < 4.78 is 0.878. The maximum Gasteiger partial charge on any atom is 0.222 e. The highest BCUT2D eigenvalue weighted by atomic mass is 79.9. The van der Waals surface area contributed by atoms with Crippen LogP contribution in [-0.4, -0.2) is 18.5 Å².